The largest absolute Gasteiger partial charge is 0.484 e. The number of anilines is 1. The second-order valence-corrected chi connectivity index (χ2v) is 7.07. The lowest BCUT2D eigenvalue weighted by molar-refractivity contribution is -0.118. The number of amides is 1. The van der Waals surface area contributed by atoms with Gasteiger partial charge >= 0.3 is 11.9 Å². The zero-order valence-corrected chi connectivity index (χ0v) is 17.6. The molecule has 30 heavy (non-hydrogen) atoms. The number of thiophene rings is 1. The number of nitrogens with one attached hydrogen (secondary N) is 1. The van der Waals surface area contributed by atoms with Crippen molar-refractivity contribution >= 4 is 34.2 Å². The third-order valence-corrected chi connectivity index (χ3v) is 5.24. The molecule has 1 N–H and O–H groups in total. The van der Waals surface area contributed by atoms with Crippen molar-refractivity contribution in [1.82, 2.24) is 0 Å². The number of ether oxygens (including phenoxy) is 5. The van der Waals surface area contributed by atoms with E-state index in [0.29, 0.717) is 22.8 Å². The fourth-order valence-electron chi connectivity index (χ4n) is 2.72. The van der Waals surface area contributed by atoms with Gasteiger partial charge in [0.2, 0.25) is 6.79 Å². The molecule has 0 unspecified atom stereocenters. The number of rotatable bonds is 8. The van der Waals surface area contributed by atoms with Crippen molar-refractivity contribution in [1.29, 1.82) is 0 Å². The van der Waals surface area contributed by atoms with Crippen LogP contribution in [0.3, 0.4) is 0 Å². The van der Waals surface area contributed by atoms with Gasteiger partial charge in [0, 0.05) is 6.07 Å². The Morgan fingerprint density at radius 3 is 2.50 bits per heavy atom. The van der Waals surface area contributed by atoms with Gasteiger partial charge in [0.1, 0.15) is 15.6 Å². The van der Waals surface area contributed by atoms with E-state index >= 15 is 0 Å². The summed E-state index contributed by atoms with van der Waals surface area (Å²) in [5.74, 6) is -0.141. The van der Waals surface area contributed by atoms with Crippen molar-refractivity contribution in [2.24, 2.45) is 0 Å². The standard InChI is InChI=1S/C20H21NO8S/c1-4-25-19(23)16-11(3)17(20(24)26-5-2)30-18(16)21-15(22)9-27-12-6-7-13-14(8-12)29-10-28-13/h6-8H,4-5,9-10H2,1-3H3,(H,21,22). The summed E-state index contributed by atoms with van der Waals surface area (Å²) in [5.41, 5.74) is 0.519. The number of fused-ring (bicyclic) bond motifs is 1. The quantitative estimate of drug-likeness (QED) is 0.630. The van der Waals surface area contributed by atoms with E-state index in [2.05, 4.69) is 5.32 Å². The summed E-state index contributed by atoms with van der Waals surface area (Å²) >= 11 is 0.955. The highest BCUT2D eigenvalue weighted by molar-refractivity contribution is 7.18. The molecule has 0 aliphatic carbocycles. The van der Waals surface area contributed by atoms with Crippen LogP contribution < -0.4 is 19.5 Å². The smallest absolute Gasteiger partial charge is 0.348 e. The summed E-state index contributed by atoms with van der Waals surface area (Å²) in [6.07, 6.45) is 0. The van der Waals surface area contributed by atoms with Crippen molar-refractivity contribution in [2.45, 2.75) is 20.8 Å². The maximum Gasteiger partial charge on any atom is 0.348 e. The normalized spacial score (nSPS) is 11.7. The summed E-state index contributed by atoms with van der Waals surface area (Å²) in [5, 5.41) is 2.82. The minimum absolute atomic E-state index is 0.126. The highest BCUT2D eigenvalue weighted by Gasteiger charge is 2.27. The molecule has 1 aromatic heterocycles. The Kier molecular flexibility index (Phi) is 6.78. The summed E-state index contributed by atoms with van der Waals surface area (Å²) < 4.78 is 26.1. The van der Waals surface area contributed by atoms with E-state index < -0.39 is 17.8 Å². The molecule has 0 spiro atoms. The first-order valence-corrected chi connectivity index (χ1v) is 10.1. The zero-order valence-electron chi connectivity index (χ0n) is 16.7. The first-order valence-electron chi connectivity index (χ1n) is 9.24. The van der Waals surface area contributed by atoms with Crippen LogP contribution in [0.25, 0.3) is 0 Å². The van der Waals surface area contributed by atoms with Gasteiger partial charge in [-0.1, -0.05) is 0 Å². The van der Waals surface area contributed by atoms with E-state index in [1.54, 1.807) is 39.0 Å². The maximum atomic E-state index is 12.4. The van der Waals surface area contributed by atoms with Crippen molar-refractivity contribution < 1.29 is 38.1 Å². The average Bonchev–Trinajstić information content (AvgIpc) is 3.30. The number of esters is 2. The van der Waals surface area contributed by atoms with E-state index in [1.807, 2.05) is 0 Å². The van der Waals surface area contributed by atoms with Crippen molar-refractivity contribution in [3.05, 3.63) is 34.2 Å². The van der Waals surface area contributed by atoms with Gasteiger partial charge in [-0.25, -0.2) is 9.59 Å². The van der Waals surface area contributed by atoms with Gasteiger partial charge in [0.05, 0.1) is 18.8 Å². The molecule has 1 aliphatic rings. The highest BCUT2D eigenvalue weighted by Crippen LogP contribution is 2.36. The number of hydrogen-bond acceptors (Lipinski definition) is 9. The Labute approximate surface area is 176 Å². The fourth-order valence-corrected chi connectivity index (χ4v) is 3.83. The van der Waals surface area contributed by atoms with Gasteiger partial charge in [-0.3, -0.25) is 4.79 Å². The summed E-state index contributed by atoms with van der Waals surface area (Å²) in [6, 6.07) is 4.95. The second-order valence-electron chi connectivity index (χ2n) is 6.05. The SMILES string of the molecule is CCOC(=O)c1sc(NC(=O)COc2ccc3c(c2)OCO3)c(C(=O)OCC)c1C. The lowest BCUT2D eigenvalue weighted by Crippen LogP contribution is -2.21. The van der Waals surface area contributed by atoms with Crippen LogP contribution in [-0.2, 0) is 14.3 Å². The summed E-state index contributed by atoms with van der Waals surface area (Å²) in [7, 11) is 0. The molecule has 0 bridgehead atoms. The molecule has 160 valence electrons. The van der Waals surface area contributed by atoms with Gasteiger partial charge in [-0.15, -0.1) is 11.3 Å². The third kappa shape index (κ3) is 4.65. The highest BCUT2D eigenvalue weighted by atomic mass is 32.1. The predicted molar refractivity (Wildman–Crippen MR) is 108 cm³/mol. The van der Waals surface area contributed by atoms with E-state index in [-0.39, 0.29) is 42.1 Å². The Balaban J connectivity index is 1.73. The van der Waals surface area contributed by atoms with Crippen molar-refractivity contribution in [3.63, 3.8) is 0 Å². The van der Waals surface area contributed by atoms with Crippen LogP contribution in [0.4, 0.5) is 5.00 Å². The molecular weight excluding hydrogens is 414 g/mol. The van der Waals surface area contributed by atoms with Crippen LogP contribution in [0, 0.1) is 6.92 Å². The van der Waals surface area contributed by atoms with Crippen LogP contribution >= 0.6 is 11.3 Å². The minimum Gasteiger partial charge on any atom is -0.484 e. The van der Waals surface area contributed by atoms with Gasteiger partial charge < -0.3 is 29.0 Å². The second kappa shape index (κ2) is 9.49. The topological polar surface area (TPSA) is 109 Å². The molecule has 2 aromatic rings. The molecule has 1 aliphatic heterocycles. The molecule has 2 heterocycles. The first kappa shape index (κ1) is 21.4. The van der Waals surface area contributed by atoms with E-state index in [9.17, 15) is 14.4 Å². The van der Waals surface area contributed by atoms with Crippen LogP contribution in [0.5, 0.6) is 17.2 Å². The van der Waals surface area contributed by atoms with Crippen LogP contribution in [0.2, 0.25) is 0 Å². The van der Waals surface area contributed by atoms with Gasteiger partial charge in [0.25, 0.3) is 5.91 Å². The Bertz CT molecular complexity index is 968. The lowest BCUT2D eigenvalue weighted by atomic mass is 10.1. The van der Waals surface area contributed by atoms with E-state index in [0.717, 1.165) is 11.3 Å². The molecule has 1 amide bonds. The van der Waals surface area contributed by atoms with Crippen molar-refractivity contribution in [3.8, 4) is 17.2 Å². The Morgan fingerprint density at radius 2 is 1.77 bits per heavy atom. The number of benzene rings is 1. The van der Waals surface area contributed by atoms with Crippen LogP contribution in [0.15, 0.2) is 18.2 Å². The number of carbonyl (C=O) groups excluding carboxylic acids is 3. The van der Waals surface area contributed by atoms with Gasteiger partial charge in [-0.05, 0) is 38.5 Å². The molecular formula is C20H21NO8S. The Morgan fingerprint density at radius 1 is 1.07 bits per heavy atom. The first-order chi connectivity index (χ1) is 14.4. The fraction of sp³-hybridized carbons (Fsp3) is 0.350. The van der Waals surface area contributed by atoms with Crippen LogP contribution in [-0.4, -0.2) is 44.5 Å². The van der Waals surface area contributed by atoms with Crippen LogP contribution in [0.1, 0.15) is 39.4 Å². The molecule has 1 aromatic carbocycles. The molecule has 0 radical (unpaired) electrons. The molecule has 0 saturated carbocycles. The van der Waals surface area contributed by atoms with Crippen molar-refractivity contribution in [2.75, 3.05) is 31.9 Å². The third-order valence-electron chi connectivity index (χ3n) is 4.05. The minimum atomic E-state index is -0.631. The molecule has 0 saturated heterocycles. The molecule has 0 fully saturated rings. The average molecular weight is 435 g/mol. The maximum absolute atomic E-state index is 12.4. The summed E-state index contributed by atoms with van der Waals surface area (Å²) in [6.45, 7) is 5.13. The zero-order chi connectivity index (χ0) is 21.7. The monoisotopic (exact) mass is 435 g/mol. The summed E-state index contributed by atoms with van der Waals surface area (Å²) in [4.78, 5) is 37.2. The number of hydrogen-bond donors (Lipinski definition) is 1. The molecule has 10 heteroatoms. The number of carbonyl (C=O) groups is 3. The van der Waals surface area contributed by atoms with Gasteiger partial charge in [-0.2, -0.15) is 0 Å². The van der Waals surface area contributed by atoms with E-state index in [1.165, 1.54) is 0 Å². The molecule has 3 rings (SSSR count). The van der Waals surface area contributed by atoms with Gasteiger partial charge in [0.15, 0.2) is 18.1 Å². The van der Waals surface area contributed by atoms with E-state index in [4.69, 9.17) is 23.7 Å². The molecule has 9 nitrogen and oxygen atoms in total. The Hall–Kier alpha value is -3.27. The lowest BCUT2D eigenvalue weighted by Gasteiger charge is -2.09. The predicted octanol–water partition coefficient (Wildman–Crippen LogP) is 3.16. The molecule has 0 atom stereocenters.